The molecule has 2 N–H and O–H groups in total. The number of carbonyl (C=O) groups is 1. The Bertz CT molecular complexity index is 764. The fourth-order valence-corrected chi connectivity index (χ4v) is 2.24. The van der Waals surface area contributed by atoms with E-state index in [4.69, 9.17) is 9.47 Å². The van der Waals surface area contributed by atoms with Gasteiger partial charge >= 0.3 is 12.2 Å². The Morgan fingerprint density at radius 3 is 2.54 bits per heavy atom. The molecule has 2 aromatic carbocycles. The number of anilines is 1. The molecule has 26 heavy (non-hydrogen) atoms. The number of ether oxygens (including phenoxy) is 2. The van der Waals surface area contributed by atoms with E-state index in [1.165, 1.54) is 19.2 Å². The van der Waals surface area contributed by atoms with Gasteiger partial charge in [-0.3, -0.25) is 0 Å². The van der Waals surface area contributed by atoms with E-state index in [0.29, 0.717) is 29.4 Å². The third-order valence-electron chi connectivity index (χ3n) is 3.43. The lowest BCUT2D eigenvalue weighted by Crippen LogP contribution is -2.28. The van der Waals surface area contributed by atoms with Crippen molar-refractivity contribution < 1.29 is 27.4 Å². The molecule has 0 saturated carbocycles. The predicted molar refractivity (Wildman–Crippen MR) is 91.5 cm³/mol. The van der Waals surface area contributed by atoms with E-state index in [1.54, 1.807) is 18.2 Å². The maximum absolute atomic E-state index is 12.7. The van der Waals surface area contributed by atoms with Gasteiger partial charge in [0, 0.05) is 18.3 Å². The lowest BCUT2D eigenvalue weighted by molar-refractivity contribution is -0.137. The molecule has 2 rings (SSSR count). The number of halogens is 3. The monoisotopic (exact) mass is 368 g/mol. The topological polar surface area (TPSA) is 59.6 Å². The van der Waals surface area contributed by atoms with Gasteiger partial charge in [-0.15, -0.1) is 0 Å². The van der Waals surface area contributed by atoms with Crippen LogP contribution in [0.15, 0.2) is 42.5 Å². The summed E-state index contributed by atoms with van der Waals surface area (Å²) in [7, 11) is 1.51. The summed E-state index contributed by atoms with van der Waals surface area (Å²) in [6, 6.07) is 9.13. The highest BCUT2D eigenvalue weighted by Gasteiger charge is 2.30. The van der Waals surface area contributed by atoms with E-state index >= 15 is 0 Å². The number of rotatable bonds is 6. The van der Waals surface area contributed by atoms with Gasteiger partial charge in [-0.05, 0) is 36.8 Å². The number of carbonyl (C=O) groups excluding carboxylic acids is 1. The van der Waals surface area contributed by atoms with Crippen molar-refractivity contribution in [2.45, 2.75) is 19.6 Å². The van der Waals surface area contributed by atoms with Crippen LogP contribution in [0.25, 0.3) is 0 Å². The van der Waals surface area contributed by atoms with Gasteiger partial charge in [-0.25, -0.2) is 4.79 Å². The molecular weight excluding hydrogens is 349 g/mol. The summed E-state index contributed by atoms with van der Waals surface area (Å²) < 4.78 is 48.7. The maximum Gasteiger partial charge on any atom is 0.416 e. The zero-order chi connectivity index (χ0) is 19.2. The molecule has 2 amide bonds. The largest absolute Gasteiger partial charge is 0.493 e. The molecule has 0 heterocycles. The summed E-state index contributed by atoms with van der Waals surface area (Å²) in [5, 5.41) is 5.12. The molecule has 0 aliphatic heterocycles. The molecule has 0 aromatic heterocycles. The Morgan fingerprint density at radius 2 is 1.88 bits per heavy atom. The van der Waals surface area contributed by atoms with Crippen LogP contribution in [0.2, 0.25) is 0 Å². The van der Waals surface area contributed by atoms with Crippen molar-refractivity contribution in [2.24, 2.45) is 0 Å². The van der Waals surface area contributed by atoms with Gasteiger partial charge in [0.2, 0.25) is 0 Å². The van der Waals surface area contributed by atoms with Crippen LogP contribution in [0.4, 0.5) is 23.7 Å². The third-order valence-corrected chi connectivity index (χ3v) is 3.43. The molecule has 0 unspecified atom stereocenters. The molecule has 140 valence electrons. The van der Waals surface area contributed by atoms with Gasteiger partial charge < -0.3 is 20.1 Å². The fourth-order valence-electron chi connectivity index (χ4n) is 2.24. The second-order valence-electron chi connectivity index (χ2n) is 5.30. The van der Waals surface area contributed by atoms with Crippen LogP contribution in [0.1, 0.15) is 18.1 Å². The number of urea groups is 1. The first-order chi connectivity index (χ1) is 12.3. The van der Waals surface area contributed by atoms with Crippen molar-refractivity contribution in [3.05, 3.63) is 53.6 Å². The Hall–Kier alpha value is -2.90. The molecule has 0 aliphatic carbocycles. The smallest absolute Gasteiger partial charge is 0.416 e. The zero-order valence-corrected chi connectivity index (χ0v) is 14.3. The molecule has 0 radical (unpaired) electrons. The van der Waals surface area contributed by atoms with Crippen LogP contribution in [-0.2, 0) is 12.7 Å². The second kappa shape index (κ2) is 8.46. The number of nitrogens with one attached hydrogen (secondary N) is 2. The van der Waals surface area contributed by atoms with Crippen molar-refractivity contribution in [3.8, 4) is 11.5 Å². The second-order valence-corrected chi connectivity index (χ2v) is 5.30. The average Bonchev–Trinajstić information content (AvgIpc) is 2.60. The maximum atomic E-state index is 12.7. The van der Waals surface area contributed by atoms with E-state index in [1.807, 2.05) is 6.92 Å². The molecule has 8 heteroatoms. The molecule has 0 bridgehead atoms. The molecule has 0 saturated heterocycles. The van der Waals surface area contributed by atoms with Gasteiger partial charge in [-0.2, -0.15) is 13.2 Å². The third kappa shape index (κ3) is 5.30. The summed E-state index contributed by atoms with van der Waals surface area (Å²) in [6.07, 6.45) is -4.42. The van der Waals surface area contributed by atoms with Crippen molar-refractivity contribution in [1.29, 1.82) is 0 Å². The van der Waals surface area contributed by atoms with Crippen LogP contribution >= 0.6 is 0 Å². The van der Waals surface area contributed by atoms with Crippen molar-refractivity contribution >= 4 is 11.7 Å². The van der Waals surface area contributed by atoms with Crippen LogP contribution in [-0.4, -0.2) is 19.7 Å². The normalized spacial score (nSPS) is 11.0. The lowest BCUT2D eigenvalue weighted by atomic mass is 10.1. The Balaban J connectivity index is 1.98. The first-order valence-corrected chi connectivity index (χ1v) is 7.85. The van der Waals surface area contributed by atoms with Gasteiger partial charge in [0.15, 0.2) is 11.5 Å². The highest BCUT2D eigenvalue weighted by Crippen LogP contribution is 2.30. The van der Waals surface area contributed by atoms with Gasteiger partial charge in [0.1, 0.15) is 0 Å². The summed E-state index contributed by atoms with van der Waals surface area (Å²) in [5.74, 6) is 1.01. The summed E-state index contributed by atoms with van der Waals surface area (Å²) in [6.45, 7) is 2.22. The predicted octanol–water partition coefficient (Wildman–Crippen LogP) is 4.43. The van der Waals surface area contributed by atoms with Crippen LogP contribution < -0.4 is 20.1 Å². The Morgan fingerprint density at radius 1 is 1.12 bits per heavy atom. The highest BCUT2D eigenvalue weighted by atomic mass is 19.4. The van der Waals surface area contributed by atoms with Crippen molar-refractivity contribution in [3.63, 3.8) is 0 Å². The molecule has 0 atom stereocenters. The number of alkyl halides is 3. The van der Waals surface area contributed by atoms with E-state index < -0.39 is 17.8 Å². The highest BCUT2D eigenvalue weighted by molar-refractivity contribution is 5.89. The van der Waals surface area contributed by atoms with Gasteiger partial charge in [0.05, 0.1) is 19.3 Å². The van der Waals surface area contributed by atoms with Crippen molar-refractivity contribution in [1.82, 2.24) is 5.32 Å². The number of hydrogen-bond donors (Lipinski definition) is 2. The minimum absolute atomic E-state index is 0.0375. The molecule has 2 aromatic rings. The van der Waals surface area contributed by atoms with Gasteiger partial charge in [-0.1, -0.05) is 12.1 Å². The first-order valence-electron chi connectivity index (χ1n) is 7.85. The van der Waals surface area contributed by atoms with Crippen LogP contribution in [0.5, 0.6) is 11.5 Å². The van der Waals surface area contributed by atoms with E-state index in [0.717, 1.165) is 12.1 Å². The molecule has 0 spiro atoms. The Kier molecular flexibility index (Phi) is 6.32. The standard InChI is InChI=1S/C18H19F3N2O3/c1-3-26-16-10-14(7-8-15(16)25-2)23-17(24)22-11-12-5-4-6-13(9-12)18(19,20)21/h4-10H,3,11H2,1-2H3,(H2,22,23,24). The number of hydrogen-bond acceptors (Lipinski definition) is 3. The fraction of sp³-hybridized carbons (Fsp3) is 0.278. The number of methoxy groups -OCH3 is 1. The molecular formula is C18H19F3N2O3. The quantitative estimate of drug-likeness (QED) is 0.793. The minimum Gasteiger partial charge on any atom is -0.493 e. The minimum atomic E-state index is -4.42. The average molecular weight is 368 g/mol. The number of benzene rings is 2. The van der Waals surface area contributed by atoms with E-state index in [-0.39, 0.29) is 6.54 Å². The summed E-state index contributed by atoms with van der Waals surface area (Å²) in [4.78, 5) is 12.0. The van der Waals surface area contributed by atoms with E-state index in [2.05, 4.69) is 10.6 Å². The van der Waals surface area contributed by atoms with E-state index in [9.17, 15) is 18.0 Å². The van der Waals surface area contributed by atoms with Crippen molar-refractivity contribution in [2.75, 3.05) is 19.0 Å². The first kappa shape index (κ1) is 19.4. The lowest BCUT2D eigenvalue weighted by Gasteiger charge is -2.13. The molecule has 5 nitrogen and oxygen atoms in total. The van der Waals surface area contributed by atoms with Crippen LogP contribution in [0, 0.1) is 0 Å². The SMILES string of the molecule is CCOc1cc(NC(=O)NCc2cccc(C(F)(F)F)c2)ccc1OC. The Labute approximate surface area is 149 Å². The summed E-state index contributed by atoms with van der Waals surface area (Å²) >= 11 is 0. The molecule has 0 fully saturated rings. The zero-order valence-electron chi connectivity index (χ0n) is 14.3. The van der Waals surface area contributed by atoms with Gasteiger partial charge in [0.25, 0.3) is 0 Å². The number of amides is 2. The molecule has 0 aliphatic rings. The summed E-state index contributed by atoms with van der Waals surface area (Å²) in [5.41, 5.74) is 0.0595. The van der Waals surface area contributed by atoms with Crippen LogP contribution in [0.3, 0.4) is 0 Å².